The minimum absolute atomic E-state index is 0.0489. The standard InChI is InChI=1S/C17H15N3O4/c1-2-18-17(24)14-10-13(7-8-15(14)21)20-19-12-5-3-11(4-6-12)9-16(22)23/h1,3-8,10,21H,2,9H2,(H,18,24)(H,22,23). The van der Waals surface area contributed by atoms with Gasteiger partial charge in [-0.15, -0.1) is 0 Å². The van der Waals surface area contributed by atoms with E-state index in [9.17, 15) is 14.7 Å². The van der Waals surface area contributed by atoms with Gasteiger partial charge in [0, 0.05) is 6.54 Å². The van der Waals surface area contributed by atoms with Crippen LogP contribution in [0.15, 0.2) is 52.7 Å². The van der Waals surface area contributed by atoms with Gasteiger partial charge in [-0.1, -0.05) is 12.1 Å². The molecule has 0 fully saturated rings. The molecule has 0 aliphatic heterocycles. The van der Waals surface area contributed by atoms with Gasteiger partial charge >= 0.3 is 5.97 Å². The first kappa shape index (κ1) is 17.1. The predicted octanol–water partition coefficient (Wildman–Crippen LogP) is 2.88. The second-order valence-electron chi connectivity index (χ2n) is 4.85. The second-order valence-corrected chi connectivity index (χ2v) is 4.85. The largest absolute Gasteiger partial charge is 0.507 e. The van der Waals surface area contributed by atoms with Gasteiger partial charge in [0.15, 0.2) is 0 Å². The van der Waals surface area contributed by atoms with E-state index in [1.54, 1.807) is 24.3 Å². The number of amides is 1. The number of aliphatic carboxylic acids is 1. The number of carboxylic acids is 1. The number of nitrogens with zero attached hydrogens (tertiary/aromatic N) is 2. The normalized spacial score (nSPS) is 10.7. The van der Waals surface area contributed by atoms with Crippen LogP contribution in [0.25, 0.3) is 0 Å². The molecule has 0 aromatic heterocycles. The van der Waals surface area contributed by atoms with Crippen LogP contribution in [-0.2, 0) is 11.2 Å². The number of phenolic OH excluding ortho intramolecular Hbond substituents is 1. The van der Waals surface area contributed by atoms with Crippen LogP contribution in [0.5, 0.6) is 5.75 Å². The molecular weight excluding hydrogens is 310 g/mol. The SMILES string of the molecule is [CH]CNC(=O)c1cc(N=Nc2ccc(CC(=O)O)cc2)ccc1O. The molecule has 2 aromatic carbocycles. The smallest absolute Gasteiger partial charge is 0.307 e. The fourth-order valence-electron chi connectivity index (χ4n) is 1.93. The summed E-state index contributed by atoms with van der Waals surface area (Å²) in [6.45, 7) is 5.19. The molecule has 7 heteroatoms. The van der Waals surface area contributed by atoms with E-state index >= 15 is 0 Å². The molecule has 0 aliphatic carbocycles. The molecule has 0 spiro atoms. The Bertz CT molecular complexity index is 770. The van der Waals surface area contributed by atoms with E-state index in [2.05, 4.69) is 15.5 Å². The van der Waals surface area contributed by atoms with Crippen LogP contribution in [0.1, 0.15) is 15.9 Å². The Labute approximate surface area is 138 Å². The first-order valence-corrected chi connectivity index (χ1v) is 7.03. The van der Waals surface area contributed by atoms with Crippen LogP contribution < -0.4 is 5.32 Å². The van der Waals surface area contributed by atoms with E-state index in [0.29, 0.717) is 16.9 Å². The van der Waals surface area contributed by atoms with Crippen molar-refractivity contribution < 1.29 is 19.8 Å². The fourth-order valence-corrected chi connectivity index (χ4v) is 1.93. The Hall–Kier alpha value is -3.22. The number of azo groups is 1. The zero-order valence-corrected chi connectivity index (χ0v) is 12.6. The number of rotatable bonds is 6. The van der Waals surface area contributed by atoms with Crippen LogP contribution in [0.4, 0.5) is 11.4 Å². The zero-order chi connectivity index (χ0) is 17.5. The number of benzene rings is 2. The average Bonchev–Trinajstić information content (AvgIpc) is 2.55. The highest BCUT2D eigenvalue weighted by Gasteiger charge is 2.10. The van der Waals surface area contributed by atoms with Crippen LogP contribution in [0.2, 0.25) is 0 Å². The summed E-state index contributed by atoms with van der Waals surface area (Å²) in [5.41, 5.74) is 1.62. The highest BCUT2D eigenvalue weighted by Crippen LogP contribution is 2.25. The molecule has 0 unspecified atom stereocenters. The summed E-state index contributed by atoms with van der Waals surface area (Å²) in [7, 11) is 0. The van der Waals surface area contributed by atoms with Crippen molar-refractivity contribution in [2.75, 3.05) is 6.54 Å². The summed E-state index contributed by atoms with van der Waals surface area (Å²) >= 11 is 0. The molecule has 2 rings (SSSR count). The Morgan fingerprint density at radius 1 is 1.04 bits per heavy atom. The van der Waals surface area contributed by atoms with Crippen LogP contribution in [-0.4, -0.2) is 28.6 Å². The van der Waals surface area contributed by atoms with Gasteiger partial charge in [-0.05, 0) is 42.8 Å². The van der Waals surface area contributed by atoms with E-state index in [-0.39, 0.29) is 24.3 Å². The average molecular weight is 325 g/mol. The van der Waals surface area contributed by atoms with Crippen LogP contribution in [0.3, 0.4) is 0 Å². The van der Waals surface area contributed by atoms with Crippen molar-refractivity contribution in [3.05, 3.63) is 60.5 Å². The van der Waals surface area contributed by atoms with Crippen molar-refractivity contribution in [2.24, 2.45) is 10.2 Å². The van der Waals surface area contributed by atoms with E-state index in [1.807, 2.05) is 0 Å². The lowest BCUT2D eigenvalue weighted by atomic mass is 10.1. The van der Waals surface area contributed by atoms with Gasteiger partial charge < -0.3 is 15.5 Å². The lowest BCUT2D eigenvalue weighted by molar-refractivity contribution is -0.136. The quantitative estimate of drug-likeness (QED) is 0.709. The molecule has 0 heterocycles. The highest BCUT2D eigenvalue weighted by atomic mass is 16.4. The van der Waals surface area contributed by atoms with Gasteiger partial charge in [0.05, 0.1) is 23.4 Å². The maximum absolute atomic E-state index is 11.7. The van der Waals surface area contributed by atoms with Gasteiger partial charge in [-0.2, -0.15) is 10.2 Å². The lowest BCUT2D eigenvalue weighted by Gasteiger charge is -2.05. The number of carboxylic acid groups (broad SMARTS) is 1. The number of phenols is 1. The van der Waals surface area contributed by atoms with Crippen molar-refractivity contribution in [1.29, 1.82) is 0 Å². The second kappa shape index (κ2) is 7.87. The third-order valence-electron chi connectivity index (χ3n) is 3.06. The Balaban J connectivity index is 2.15. The molecule has 7 nitrogen and oxygen atoms in total. The summed E-state index contributed by atoms with van der Waals surface area (Å²) in [5.74, 6) is -1.60. The zero-order valence-electron chi connectivity index (χ0n) is 12.6. The minimum atomic E-state index is -0.906. The molecule has 2 radical (unpaired) electrons. The van der Waals surface area contributed by atoms with Gasteiger partial charge in [0.25, 0.3) is 5.91 Å². The van der Waals surface area contributed by atoms with Gasteiger partial charge in [-0.25, -0.2) is 0 Å². The molecule has 0 saturated heterocycles. The maximum atomic E-state index is 11.7. The Kier molecular flexibility index (Phi) is 5.62. The monoisotopic (exact) mass is 325 g/mol. The maximum Gasteiger partial charge on any atom is 0.307 e. The van der Waals surface area contributed by atoms with E-state index in [1.165, 1.54) is 18.2 Å². The molecular formula is C17H15N3O4. The minimum Gasteiger partial charge on any atom is -0.507 e. The molecule has 122 valence electrons. The van der Waals surface area contributed by atoms with Gasteiger partial charge in [0.1, 0.15) is 5.75 Å². The van der Waals surface area contributed by atoms with Crippen molar-refractivity contribution in [3.8, 4) is 5.75 Å². The summed E-state index contributed by atoms with van der Waals surface area (Å²) in [4.78, 5) is 22.4. The summed E-state index contributed by atoms with van der Waals surface area (Å²) in [6.07, 6.45) is -0.0605. The topological polar surface area (TPSA) is 111 Å². The van der Waals surface area contributed by atoms with Crippen molar-refractivity contribution in [1.82, 2.24) is 5.32 Å². The van der Waals surface area contributed by atoms with E-state index in [0.717, 1.165) is 0 Å². The van der Waals surface area contributed by atoms with E-state index < -0.39 is 11.9 Å². The van der Waals surface area contributed by atoms with Crippen molar-refractivity contribution in [2.45, 2.75) is 6.42 Å². The Morgan fingerprint density at radius 2 is 1.67 bits per heavy atom. The molecule has 24 heavy (non-hydrogen) atoms. The van der Waals surface area contributed by atoms with Crippen LogP contribution >= 0.6 is 0 Å². The molecule has 0 bridgehead atoms. The summed E-state index contributed by atoms with van der Waals surface area (Å²) in [5, 5.41) is 28.8. The molecule has 3 N–H and O–H groups in total. The number of hydrogen-bond acceptors (Lipinski definition) is 5. The predicted molar refractivity (Wildman–Crippen MR) is 86.7 cm³/mol. The van der Waals surface area contributed by atoms with Crippen LogP contribution in [0, 0.1) is 6.92 Å². The lowest BCUT2D eigenvalue weighted by Crippen LogP contribution is -2.22. The third-order valence-corrected chi connectivity index (χ3v) is 3.06. The molecule has 0 saturated carbocycles. The summed E-state index contributed by atoms with van der Waals surface area (Å²) < 4.78 is 0. The Morgan fingerprint density at radius 3 is 2.29 bits per heavy atom. The number of carbonyl (C=O) groups is 2. The number of aromatic hydroxyl groups is 1. The first-order valence-electron chi connectivity index (χ1n) is 7.03. The number of carbonyl (C=O) groups excluding carboxylic acids is 1. The van der Waals surface area contributed by atoms with Gasteiger partial charge in [-0.3, -0.25) is 9.59 Å². The molecule has 1 amide bonds. The molecule has 0 atom stereocenters. The van der Waals surface area contributed by atoms with Gasteiger partial charge in [0.2, 0.25) is 0 Å². The molecule has 0 aliphatic rings. The molecule has 2 aromatic rings. The number of nitrogens with one attached hydrogen (secondary N) is 1. The highest BCUT2D eigenvalue weighted by molar-refractivity contribution is 5.97. The first-order chi connectivity index (χ1) is 11.5. The fraction of sp³-hybridized carbons (Fsp3) is 0.118. The van der Waals surface area contributed by atoms with Crippen molar-refractivity contribution >= 4 is 23.3 Å². The van der Waals surface area contributed by atoms with Crippen molar-refractivity contribution in [3.63, 3.8) is 0 Å². The van der Waals surface area contributed by atoms with E-state index in [4.69, 9.17) is 12.0 Å². The summed E-state index contributed by atoms with van der Waals surface area (Å²) in [6, 6.07) is 10.8. The number of hydrogen-bond donors (Lipinski definition) is 3. The third kappa shape index (κ3) is 4.64.